The molecule has 76 valence electrons. The van der Waals surface area contributed by atoms with Crippen molar-refractivity contribution in [1.82, 2.24) is 0 Å². The second kappa shape index (κ2) is 4.28. The number of carboxylic acids is 1. The minimum absolute atomic E-state index is 0.0910. The zero-order valence-electron chi connectivity index (χ0n) is 8.01. The Bertz CT molecular complexity index is 459. The van der Waals surface area contributed by atoms with Gasteiger partial charge in [-0.05, 0) is 22.6 Å². The van der Waals surface area contributed by atoms with Gasteiger partial charge < -0.3 is 5.11 Å². The third-order valence-electron chi connectivity index (χ3n) is 2.12. The number of rotatable bonds is 3. The summed E-state index contributed by atoms with van der Waals surface area (Å²) in [5, 5.41) is 10.7. The Balaban J connectivity index is 2.37. The van der Waals surface area contributed by atoms with Crippen LogP contribution in [0.15, 0.2) is 41.8 Å². The van der Waals surface area contributed by atoms with E-state index in [1.807, 2.05) is 41.8 Å². The Morgan fingerprint density at radius 2 is 1.93 bits per heavy atom. The van der Waals surface area contributed by atoms with E-state index >= 15 is 0 Å². The molecule has 1 N–H and O–H groups in total. The lowest BCUT2D eigenvalue weighted by molar-refractivity contribution is -0.136. The fourth-order valence-corrected chi connectivity index (χ4v) is 2.41. The Morgan fingerprint density at radius 3 is 2.60 bits per heavy atom. The number of aliphatic carboxylic acids is 1. The van der Waals surface area contributed by atoms with Crippen molar-refractivity contribution >= 4 is 17.3 Å². The number of benzene rings is 1. The van der Waals surface area contributed by atoms with Gasteiger partial charge in [0.05, 0.1) is 6.42 Å². The fraction of sp³-hybridized carbons (Fsp3) is 0.0833. The first-order valence-electron chi connectivity index (χ1n) is 4.61. The average molecular weight is 218 g/mol. The van der Waals surface area contributed by atoms with Gasteiger partial charge in [-0.15, -0.1) is 11.3 Å². The van der Waals surface area contributed by atoms with Gasteiger partial charge in [0.1, 0.15) is 0 Å². The molecule has 0 unspecified atom stereocenters. The summed E-state index contributed by atoms with van der Waals surface area (Å²) >= 11 is 1.58. The highest BCUT2D eigenvalue weighted by atomic mass is 32.1. The summed E-state index contributed by atoms with van der Waals surface area (Å²) in [5.74, 6) is -0.786. The molecule has 0 saturated heterocycles. The molecule has 0 aliphatic carbocycles. The molecule has 0 bridgehead atoms. The molecule has 0 aliphatic heterocycles. The van der Waals surface area contributed by atoms with Crippen LogP contribution in [-0.2, 0) is 11.2 Å². The number of hydrogen-bond acceptors (Lipinski definition) is 2. The maximum absolute atomic E-state index is 10.7. The van der Waals surface area contributed by atoms with Gasteiger partial charge in [-0.25, -0.2) is 0 Å². The minimum Gasteiger partial charge on any atom is -0.481 e. The van der Waals surface area contributed by atoms with Crippen molar-refractivity contribution < 1.29 is 9.90 Å². The van der Waals surface area contributed by atoms with E-state index in [0.717, 1.165) is 16.0 Å². The third-order valence-corrected chi connectivity index (χ3v) is 3.13. The lowest BCUT2D eigenvalue weighted by atomic mass is 10.1. The van der Waals surface area contributed by atoms with Crippen LogP contribution in [0.2, 0.25) is 0 Å². The molecule has 15 heavy (non-hydrogen) atoms. The molecule has 0 amide bonds. The highest BCUT2D eigenvalue weighted by Crippen LogP contribution is 2.29. The van der Waals surface area contributed by atoms with Crippen LogP contribution in [0.4, 0.5) is 0 Å². The molecule has 1 aromatic carbocycles. The van der Waals surface area contributed by atoms with Crippen molar-refractivity contribution in [2.24, 2.45) is 0 Å². The van der Waals surface area contributed by atoms with Crippen molar-refractivity contribution in [3.8, 4) is 10.4 Å². The van der Waals surface area contributed by atoms with E-state index in [-0.39, 0.29) is 6.42 Å². The fourth-order valence-electron chi connectivity index (χ4n) is 1.48. The second-order valence-corrected chi connectivity index (χ2v) is 4.13. The Labute approximate surface area is 91.8 Å². The van der Waals surface area contributed by atoms with E-state index in [4.69, 9.17) is 5.11 Å². The summed E-state index contributed by atoms with van der Waals surface area (Å²) in [5.41, 5.74) is 1.97. The largest absolute Gasteiger partial charge is 0.481 e. The summed E-state index contributed by atoms with van der Waals surface area (Å²) in [6.07, 6.45) is 0.0910. The van der Waals surface area contributed by atoms with E-state index in [1.165, 1.54) is 0 Å². The van der Waals surface area contributed by atoms with Crippen molar-refractivity contribution in [1.29, 1.82) is 0 Å². The van der Waals surface area contributed by atoms with Crippen LogP contribution in [0.25, 0.3) is 10.4 Å². The Morgan fingerprint density at radius 1 is 1.20 bits per heavy atom. The van der Waals surface area contributed by atoms with E-state index < -0.39 is 5.97 Å². The van der Waals surface area contributed by atoms with Gasteiger partial charge in [-0.1, -0.05) is 30.3 Å². The highest BCUT2D eigenvalue weighted by molar-refractivity contribution is 7.13. The summed E-state index contributed by atoms with van der Waals surface area (Å²) in [6, 6.07) is 11.7. The van der Waals surface area contributed by atoms with Gasteiger partial charge >= 0.3 is 5.97 Å². The van der Waals surface area contributed by atoms with Crippen molar-refractivity contribution in [3.63, 3.8) is 0 Å². The van der Waals surface area contributed by atoms with Crippen LogP contribution < -0.4 is 0 Å². The predicted octanol–water partition coefficient (Wildman–Crippen LogP) is 3.04. The van der Waals surface area contributed by atoms with Crippen LogP contribution in [0.3, 0.4) is 0 Å². The van der Waals surface area contributed by atoms with Crippen LogP contribution in [0.1, 0.15) is 5.56 Å². The maximum Gasteiger partial charge on any atom is 0.307 e. The quantitative estimate of drug-likeness (QED) is 0.859. The summed E-state index contributed by atoms with van der Waals surface area (Å²) in [7, 11) is 0. The number of carboxylic acid groups (broad SMARTS) is 1. The van der Waals surface area contributed by atoms with Gasteiger partial charge in [0.2, 0.25) is 0 Å². The molecular formula is C12H10O2S. The molecule has 3 heteroatoms. The third kappa shape index (κ3) is 2.25. The maximum atomic E-state index is 10.7. The molecule has 1 heterocycles. The zero-order chi connectivity index (χ0) is 10.7. The monoisotopic (exact) mass is 218 g/mol. The SMILES string of the molecule is O=C(O)Cc1ccsc1-c1ccccc1. The minimum atomic E-state index is -0.786. The lowest BCUT2D eigenvalue weighted by Crippen LogP contribution is -1.99. The van der Waals surface area contributed by atoms with E-state index in [2.05, 4.69) is 0 Å². The Kier molecular flexibility index (Phi) is 2.83. The first-order valence-corrected chi connectivity index (χ1v) is 5.49. The van der Waals surface area contributed by atoms with Gasteiger partial charge in [0.25, 0.3) is 0 Å². The van der Waals surface area contributed by atoms with E-state index in [1.54, 1.807) is 11.3 Å². The molecule has 0 fully saturated rings. The molecule has 1 aromatic heterocycles. The summed E-state index contributed by atoms with van der Waals surface area (Å²) < 4.78 is 0. The van der Waals surface area contributed by atoms with Crippen molar-refractivity contribution in [2.45, 2.75) is 6.42 Å². The number of hydrogen-bond donors (Lipinski definition) is 1. The molecule has 2 rings (SSSR count). The molecule has 0 aliphatic rings. The predicted molar refractivity (Wildman–Crippen MR) is 61.1 cm³/mol. The highest BCUT2D eigenvalue weighted by Gasteiger charge is 2.09. The van der Waals surface area contributed by atoms with Gasteiger partial charge in [0, 0.05) is 4.88 Å². The van der Waals surface area contributed by atoms with Crippen LogP contribution >= 0.6 is 11.3 Å². The number of carbonyl (C=O) groups is 1. The van der Waals surface area contributed by atoms with Crippen molar-refractivity contribution in [2.75, 3.05) is 0 Å². The normalized spacial score (nSPS) is 10.1. The molecule has 2 nitrogen and oxygen atoms in total. The van der Waals surface area contributed by atoms with Crippen LogP contribution in [0, 0.1) is 0 Å². The molecule has 2 aromatic rings. The zero-order valence-corrected chi connectivity index (χ0v) is 8.83. The smallest absolute Gasteiger partial charge is 0.307 e. The van der Waals surface area contributed by atoms with Crippen LogP contribution in [0.5, 0.6) is 0 Å². The molecule has 0 atom stereocenters. The molecule has 0 radical (unpaired) electrons. The Hall–Kier alpha value is -1.61. The first kappa shape index (κ1) is 9.93. The summed E-state index contributed by atoms with van der Waals surface area (Å²) in [6.45, 7) is 0. The van der Waals surface area contributed by atoms with Crippen molar-refractivity contribution in [3.05, 3.63) is 47.3 Å². The summed E-state index contributed by atoms with van der Waals surface area (Å²) in [4.78, 5) is 11.7. The van der Waals surface area contributed by atoms with E-state index in [9.17, 15) is 4.79 Å². The molecular weight excluding hydrogens is 208 g/mol. The average Bonchev–Trinajstić information content (AvgIpc) is 2.66. The first-order chi connectivity index (χ1) is 7.27. The number of thiophene rings is 1. The molecule has 0 saturated carbocycles. The van der Waals surface area contributed by atoms with Gasteiger partial charge in [-0.3, -0.25) is 4.79 Å². The topological polar surface area (TPSA) is 37.3 Å². The van der Waals surface area contributed by atoms with Gasteiger partial charge in [-0.2, -0.15) is 0 Å². The van der Waals surface area contributed by atoms with Gasteiger partial charge in [0.15, 0.2) is 0 Å². The standard InChI is InChI=1S/C12H10O2S/c13-11(14)8-10-6-7-15-12(10)9-4-2-1-3-5-9/h1-7H,8H2,(H,13,14). The van der Waals surface area contributed by atoms with Crippen LogP contribution in [-0.4, -0.2) is 11.1 Å². The second-order valence-electron chi connectivity index (χ2n) is 3.21. The molecule has 0 spiro atoms. The van der Waals surface area contributed by atoms with E-state index in [0.29, 0.717) is 0 Å². The lowest BCUT2D eigenvalue weighted by Gasteiger charge is -2.00.